The van der Waals surface area contributed by atoms with Crippen molar-refractivity contribution in [1.29, 1.82) is 0 Å². The van der Waals surface area contributed by atoms with E-state index in [1.54, 1.807) is 18.3 Å². The molecule has 3 heterocycles. The average Bonchev–Trinajstić information content (AvgIpc) is 2.97. The number of aromatic nitrogens is 4. The Kier molecular flexibility index (Phi) is 9.24. The molecule has 0 atom stereocenters. The number of nitrogens with one attached hydrogen (secondary N) is 1. The van der Waals surface area contributed by atoms with Gasteiger partial charge in [-0.2, -0.15) is 18.3 Å². The number of nitrogens with zero attached hydrogens (tertiary/aromatic N) is 5. The minimum atomic E-state index is -4.46. The van der Waals surface area contributed by atoms with Gasteiger partial charge in [-0.15, -0.1) is 5.10 Å². The third kappa shape index (κ3) is 7.17. The summed E-state index contributed by atoms with van der Waals surface area (Å²) in [6.07, 6.45) is -0.926. The monoisotopic (exact) mass is 534 g/mol. The summed E-state index contributed by atoms with van der Waals surface area (Å²) in [5.41, 5.74) is 3.08. The van der Waals surface area contributed by atoms with E-state index in [0.29, 0.717) is 35.0 Å². The van der Waals surface area contributed by atoms with Gasteiger partial charge >= 0.3 is 6.18 Å². The van der Waals surface area contributed by atoms with Crippen LogP contribution < -0.4 is 5.32 Å². The van der Waals surface area contributed by atoms with Gasteiger partial charge in [-0.3, -0.25) is 0 Å². The number of alkyl halides is 3. The number of anilines is 1. The number of benzene rings is 2. The van der Waals surface area contributed by atoms with Crippen LogP contribution in [0.3, 0.4) is 0 Å². The fourth-order valence-electron chi connectivity index (χ4n) is 4.53. The molecule has 204 valence electrons. The van der Waals surface area contributed by atoms with Gasteiger partial charge in [-0.1, -0.05) is 56.3 Å². The van der Waals surface area contributed by atoms with Gasteiger partial charge in [0, 0.05) is 29.8 Å². The first-order chi connectivity index (χ1) is 18.9. The molecule has 1 N–H and O–H groups in total. The molecule has 2 aromatic carbocycles. The van der Waals surface area contributed by atoms with E-state index < -0.39 is 11.7 Å². The SMILES string of the molecule is CC.CN1CCC(c2cc(-c3ccnc(NCc4ccccc4)n3)c(-c3cccc(C(F)(F)F)c3)nn2)CC1. The van der Waals surface area contributed by atoms with E-state index >= 15 is 0 Å². The highest BCUT2D eigenvalue weighted by molar-refractivity contribution is 5.79. The van der Waals surface area contributed by atoms with E-state index in [0.717, 1.165) is 49.3 Å². The zero-order valence-electron chi connectivity index (χ0n) is 22.4. The Hall–Kier alpha value is -3.85. The predicted molar refractivity (Wildman–Crippen MR) is 148 cm³/mol. The zero-order chi connectivity index (χ0) is 27.8. The largest absolute Gasteiger partial charge is 0.416 e. The van der Waals surface area contributed by atoms with Gasteiger partial charge in [0.05, 0.1) is 17.0 Å². The molecule has 2 aromatic heterocycles. The minimum Gasteiger partial charge on any atom is -0.350 e. The first-order valence-electron chi connectivity index (χ1n) is 13.2. The van der Waals surface area contributed by atoms with Crippen molar-refractivity contribution in [2.24, 2.45) is 0 Å². The Morgan fingerprint density at radius 2 is 1.67 bits per heavy atom. The van der Waals surface area contributed by atoms with Crippen LogP contribution in [0, 0.1) is 0 Å². The summed E-state index contributed by atoms with van der Waals surface area (Å²) in [6, 6.07) is 18.7. The highest BCUT2D eigenvalue weighted by Gasteiger charge is 2.31. The van der Waals surface area contributed by atoms with Gasteiger partial charge in [0.2, 0.25) is 5.95 Å². The topological polar surface area (TPSA) is 66.8 Å². The fraction of sp³-hybridized carbons (Fsp3) is 0.333. The molecule has 1 aliphatic heterocycles. The molecule has 0 bridgehead atoms. The number of hydrogen-bond acceptors (Lipinski definition) is 6. The van der Waals surface area contributed by atoms with E-state index in [9.17, 15) is 13.2 Å². The van der Waals surface area contributed by atoms with Crippen molar-refractivity contribution in [3.8, 4) is 22.5 Å². The molecule has 1 fully saturated rings. The lowest BCUT2D eigenvalue weighted by Gasteiger charge is -2.28. The summed E-state index contributed by atoms with van der Waals surface area (Å²) >= 11 is 0. The highest BCUT2D eigenvalue weighted by Crippen LogP contribution is 2.36. The van der Waals surface area contributed by atoms with Gasteiger partial charge in [-0.25, -0.2) is 9.97 Å². The third-order valence-electron chi connectivity index (χ3n) is 6.64. The predicted octanol–water partition coefficient (Wildman–Crippen LogP) is 7.07. The van der Waals surface area contributed by atoms with Crippen molar-refractivity contribution in [1.82, 2.24) is 25.1 Å². The highest BCUT2D eigenvalue weighted by atomic mass is 19.4. The lowest BCUT2D eigenvalue weighted by Crippen LogP contribution is -2.29. The number of halogens is 3. The van der Waals surface area contributed by atoms with Crippen LogP contribution in [0.2, 0.25) is 0 Å². The van der Waals surface area contributed by atoms with Crippen LogP contribution in [0.15, 0.2) is 72.9 Å². The molecule has 5 rings (SSSR count). The summed E-state index contributed by atoms with van der Waals surface area (Å²) in [4.78, 5) is 11.3. The van der Waals surface area contributed by atoms with Crippen molar-refractivity contribution in [2.45, 2.75) is 45.3 Å². The summed E-state index contributed by atoms with van der Waals surface area (Å²) in [5, 5.41) is 12.2. The molecule has 1 saturated heterocycles. The Morgan fingerprint density at radius 3 is 2.38 bits per heavy atom. The van der Waals surface area contributed by atoms with Gasteiger partial charge in [0.1, 0.15) is 5.69 Å². The van der Waals surface area contributed by atoms with Crippen LogP contribution in [0.25, 0.3) is 22.5 Å². The van der Waals surface area contributed by atoms with E-state index in [2.05, 4.69) is 32.4 Å². The smallest absolute Gasteiger partial charge is 0.350 e. The van der Waals surface area contributed by atoms with E-state index in [1.807, 2.05) is 50.2 Å². The number of hydrogen-bond donors (Lipinski definition) is 1. The average molecular weight is 535 g/mol. The molecular formula is C30H33F3N6. The molecule has 6 nitrogen and oxygen atoms in total. The molecule has 0 radical (unpaired) electrons. The molecule has 1 aliphatic rings. The zero-order valence-corrected chi connectivity index (χ0v) is 22.4. The molecular weight excluding hydrogens is 501 g/mol. The Balaban J connectivity index is 0.00000172. The van der Waals surface area contributed by atoms with E-state index in [-0.39, 0.29) is 5.92 Å². The molecule has 0 saturated carbocycles. The molecule has 0 unspecified atom stereocenters. The maximum atomic E-state index is 13.5. The maximum absolute atomic E-state index is 13.5. The Labute approximate surface area is 227 Å². The van der Waals surface area contributed by atoms with Crippen LogP contribution in [-0.2, 0) is 12.7 Å². The van der Waals surface area contributed by atoms with E-state index in [4.69, 9.17) is 4.98 Å². The molecule has 0 aliphatic carbocycles. The van der Waals surface area contributed by atoms with Crippen LogP contribution in [-0.4, -0.2) is 45.2 Å². The Bertz CT molecular complexity index is 1350. The molecule has 0 spiro atoms. The maximum Gasteiger partial charge on any atom is 0.416 e. The summed E-state index contributed by atoms with van der Waals surface area (Å²) in [5.74, 6) is 0.657. The standard InChI is InChI=1S/C28H27F3N6.C2H6/c1-37-14-11-20(12-15-37)25-17-23(26(36-35-25)21-8-5-9-22(16-21)28(29,30)31)24-10-13-32-27(34-24)33-18-19-6-3-2-4-7-19;1-2/h2-10,13,16-17,20H,11-12,14-15,18H2,1H3,(H,32,33,34);1-2H3. The minimum absolute atomic E-state index is 0.232. The Morgan fingerprint density at radius 1 is 0.923 bits per heavy atom. The van der Waals surface area contributed by atoms with Crippen molar-refractivity contribution < 1.29 is 13.2 Å². The summed E-state index contributed by atoms with van der Waals surface area (Å²) < 4.78 is 40.4. The van der Waals surface area contributed by atoms with Crippen molar-refractivity contribution >= 4 is 5.95 Å². The molecule has 0 amide bonds. The quantitative estimate of drug-likeness (QED) is 0.286. The third-order valence-corrected chi connectivity index (χ3v) is 6.64. The van der Waals surface area contributed by atoms with Crippen molar-refractivity contribution in [3.05, 3.63) is 89.7 Å². The number of piperidine rings is 1. The first-order valence-corrected chi connectivity index (χ1v) is 13.2. The van der Waals surface area contributed by atoms with Gasteiger partial charge in [-0.05, 0) is 62.8 Å². The molecule has 9 heteroatoms. The number of rotatable bonds is 6. The van der Waals surface area contributed by atoms with Gasteiger partial charge in [0.25, 0.3) is 0 Å². The summed E-state index contributed by atoms with van der Waals surface area (Å²) in [7, 11) is 2.09. The second-order valence-corrected chi connectivity index (χ2v) is 9.29. The van der Waals surface area contributed by atoms with Crippen molar-refractivity contribution in [2.75, 3.05) is 25.5 Å². The van der Waals surface area contributed by atoms with Gasteiger partial charge < -0.3 is 10.2 Å². The molecule has 4 aromatic rings. The second kappa shape index (κ2) is 12.8. The second-order valence-electron chi connectivity index (χ2n) is 9.29. The fourth-order valence-corrected chi connectivity index (χ4v) is 4.53. The summed E-state index contributed by atoms with van der Waals surface area (Å²) in [6.45, 7) is 6.45. The molecule has 39 heavy (non-hydrogen) atoms. The van der Waals surface area contributed by atoms with Gasteiger partial charge in [0.15, 0.2) is 0 Å². The number of likely N-dealkylation sites (tertiary alicyclic amines) is 1. The van der Waals surface area contributed by atoms with E-state index in [1.165, 1.54) is 6.07 Å². The van der Waals surface area contributed by atoms with Crippen LogP contribution >= 0.6 is 0 Å². The van der Waals surface area contributed by atoms with Crippen LogP contribution in [0.4, 0.5) is 19.1 Å². The van der Waals surface area contributed by atoms with Crippen molar-refractivity contribution in [3.63, 3.8) is 0 Å². The van der Waals surface area contributed by atoms with Crippen LogP contribution in [0.1, 0.15) is 49.4 Å². The van der Waals surface area contributed by atoms with Crippen LogP contribution in [0.5, 0.6) is 0 Å². The lowest BCUT2D eigenvalue weighted by atomic mass is 9.91. The lowest BCUT2D eigenvalue weighted by molar-refractivity contribution is -0.137. The normalized spacial score (nSPS) is 14.4. The first kappa shape index (κ1) is 28.2.